The predicted octanol–water partition coefficient (Wildman–Crippen LogP) is -1.09. The van der Waals surface area contributed by atoms with Crippen LogP contribution in [0.3, 0.4) is 0 Å². The number of fused-ring (bicyclic) bond motifs is 1. The molecular weight excluding hydrogens is 251 g/mol. The van der Waals surface area contributed by atoms with Crippen molar-refractivity contribution in [1.29, 1.82) is 0 Å². The van der Waals surface area contributed by atoms with E-state index in [1.54, 1.807) is 18.2 Å². The summed E-state index contributed by atoms with van der Waals surface area (Å²) < 4.78 is 24.7. The topological polar surface area (TPSA) is 66.4 Å². The van der Waals surface area contributed by atoms with Crippen molar-refractivity contribution in [1.82, 2.24) is 0 Å². The molecule has 0 aliphatic rings. The van der Waals surface area contributed by atoms with Crippen LogP contribution in [0.25, 0.3) is 10.8 Å². The van der Waals surface area contributed by atoms with Gasteiger partial charge in [0, 0.05) is 0 Å². The van der Waals surface area contributed by atoms with Crippen molar-refractivity contribution in [2.24, 2.45) is 0 Å². The Labute approximate surface area is 124 Å². The van der Waals surface area contributed by atoms with E-state index in [1.165, 1.54) is 6.07 Å². The van der Waals surface area contributed by atoms with Crippen molar-refractivity contribution >= 4 is 28.1 Å². The van der Waals surface area contributed by atoms with E-state index in [0.717, 1.165) is 5.39 Å². The van der Waals surface area contributed by atoms with E-state index in [0.29, 0.717) is 5.39 Å². The van der Waals surface area contributed by atoms with Gasteiger partial charge in [-0.2, -0.15) is 0 Å². The summed E-state index contributed by atoms with van der Waals surface area (Å²) in [4.78, 5) is 11.5. The number of carbonyl (C=O) groups is 1. The third-order valence-corrected chi connectivity index (χ3v) is 2.44. The van der Waals surface area contributed by atoms with Gasteiger partial charge in [-0.1, -0.05) is 36.4 Å². The van der Waals surface area contributed by atoms with Crippen LogP contribution in [0.1, 0.15) is 11.8 Å². The van der Waals surface area contributed by atoms with Gasteiger partial charge in [-0.15, -0.1) is 0 Å². The first kappa shape index (κ1) is 14.3. The molecule has 84 valence electrons. The van der Waals surface area contributed by atoms with E-state index < -0.39 is 17.3 Å². The summed E-state index contributed by atoms with van der Waals surface area (Å²) in [6, 6.07) is 12.2. The maximum absolute atomic E-state index is 11.5. The van der Waals surface area contributed by atoms with Gasteiger partial charge in [0.25, 0.3) is 0 Å². The summed E-state index contributed by atoms with van der Waals surface area (Å²) in [6.07, 6.45) is 0. The summed E-state index contributed by atoms with van der Waals surface area (Å²) in [6.45, 7) is 0. The molecule has 0 aliphatic heterocycles. The van der Waals surface area contributed by atoms with Crippen molar-refractivity contribution in [3.63, 3.8) is 0 Å². The molecule has 0 amide bonds. The molecule has 2 aromatic carbocycles. The van der Waals surface area contributed by atoms with Gasteiger partial charge in [0.05, 0.1) is 5.56 Å². The molecule has 2 rings (SSSR count). The Morgan fingerprint density at radius 2 is 1.82 bits per heavy atom. The number of benzene rings is 2. The third kappa shape index (κ3) is 3.37. The Hall–Kier alpha value is -0.720. The zero-order valence-corrected chi connectivity index (χ0v) is 11.9. The van der Waals surface area contributed by atoms with Crippen molar-refractivity contribution < 1.29 is 48.7 Å². The summed E-state index contributed by atoms with van der Waals surface area (Å²) in [7, 11) is 0. The van der Waals surface area contributed by atoms with Crippen molar-refractivity contribution in [2.45, 2.75) is 0 Å². The van der Waals surface area contributed by atoms with Crippen LogP contribution in [0, 0.1) is 0 Å². The van der Waals surface area contributed by atoms with E-state index >= 15 is 0 Å². The van der Waals surface area contributed by atoms with Gasteiger partial charge in [0.2, 0.25) is 0 Å². The van der Waals surface area contributed by atoms with Gasteiger partial charge in [0.15, 0.2) is 0 Å². The molecule has 1 atom stereocenters. The van der Waals surface area contributed by atoms with Crippen LogP contribution in [0.2, 0.25) is 0 Å². The Morgan fingerprint density at radius 3 is 2.53 bits per heavy atom. The van der Waals surface area contributed by atoms with Crippen LogP contribution >= 0.6 is 0 Å². The monoisotopic (exact) mass is 259 g/mol. The minimum absolute atomic E-state index is 0. The second-order valence-electron chi connectivity index (χ2n) is 3.10. The largest absolute Gasteiger partial charge is 1.00 e. The first-order valence-corrected chi connectivity index (χ1v) is 5.48. The first-order chi connectivity index (χ1) is 7.68. The molecule has 0 radical (unpaired) electrons. The molecule has 0 bridgehead atoms. The molecule has 1 unspecified atom stereocenters. The fourth-order valence-electron chi connectivity index (χ4n) is 1.51. The van der Waals surface area contributed by atoms with Crippen LogP contribution in [0.15, 0.2) is 42.5 Å². The van der Waals surface area contributed by atoms with Crippen molar-refractivity contribution in [3.05, 3.63) is 48.0 Å². The second kappa shape index (κ2) is 6.28. The standard InChI is InChI=1S/C11H8O4S.Na.H/c12-11(15-16(13)14)10-7-3-5-8-4-1-2-6-9(8)10;;/h1-7H,(H,13,14);;/q;+1;-1/p-1. The van der Waals surface area contributed by atoms with E-state index in [1.807, 2.05) is 18.2 Å². The molecule has 6 heteroatoms. The molecule has 17 heavy (non-hydrogen) atoms. The first-order valence-electron chi connectivity index (χ1n) is 4.48. The van der Waals surface area contributed by atoms with E-state index in [2.05, 4.69) is 4.18 Å². The van der Waals surface area contributed by atoms with Crippen LogP contribution in [0.5, 0.6) is 0 Å². The van der Waals surface area contributed by atoms with Crippen molar-refractivity contribution in [3.8, 4) is 0 Å². The fourth-order valence-corrected chi connectivity index (χ4v) is 1.72. The van der Waals surface area contributed by atoms with Gasteiger partial charge in [0.1, 0.15) is 11.4 Å². The van der Waals surface area contributed by atoms with Crippen LogP contribution in [0.4, 0.5) is 0 Å². The average molecular weight is 259 g/mol. The van der Waals surface area contributed by atoms with Gasteiger partial charge >= 0.3 is 35.5 Å². The maximum atomic E-state index is 11.5. The maximum Gasteiger partial charge on any atom is 1.00 e. The molecule has 0 saturated carbocycles. The summed E-state index contributed by atoms with van der Waals surface area (Å²) in [5.74, 6) is -0.870. The summed E-state index contributed by atoms with van der Waals surface area (Å²) in [5.41, 5.74) is 0.238. The number of rotatable bonds is 2. The average Bonchev–Trinajstić information content (AvgIpc) is 2.27. The Bertz CT molecular complexity index is 570. The smallest absolute Gasteiger partial charge is 1.00 e. The minimum atomic E-state index is -2.84. The summed E-state index contributed by atoms with van der Waals surface area (Å²) >= 11 is -2.84. The number of hydrogen-bond acceptors (Lipinski definition) is 4. The van der Waals surface area contributed by atoms with E-state index in [9.17, 15) is 13.6 Å². The predicted molar refractivity (Wildman–Crippen MR) is 59.4 cm³/mol. The van der Waals surface area contributed by atoms with Crippen LogP contribution in [-0.4, -0.2) is 14.7 Å². The number of hydrogen-bond donors (Lipinski definition) is 0. The Morgan fingerprint density at radius 1 is 1.18 bits per heavy atom. The van der Waals surface area contributed by atoms with Crippen LogP contribution in [-0.2, 0) is 15.5 Å². The molecule has 0 fully saturated rings. The molecule has 0 heterocycles. The second-order valence-corrected chi connectivity index (χ2v) is 3.68. The third-order valence-electron chi connectivity index (χ3n) is 2.15. The Balaban J connectivity index is 0.00000144. The molecule has 0 spiro atoms. The molecule has 0 saturated heterocycles. The van der Waals surface area contributed by atoms with Gasteiger partial charge in [-0.3, -0.25) is 0 Å². The number of carbonyl (C=O) groups excluding carboxylic acids is 1. The molecule has 4 nitrogen and oxygen atoms in total. The van der Waals surface area contributed by atoms with Gasteiger partial charge in [-0.25, -0.2) is 9.00 Å². The Kier molecular flexibility index (Phi) is 5.30. The summed E-state index contributed by atoms with van der Waals surface area (Å²) in [5, 5.41) is 1.52. The van der Waals surface area contributed by atoms with Gasteiger partial charge < -0.3 is 10.2 Å². The van der Waals surface area contributed by atoms with Crippen LogP contribution < -0.4 is 29.6 Å². The van der Waals surface area contributed by atoms with Crippen molar-refractivity contribution in [2.75, 3.05) is 0 Å². The quantitative estimate of drug-likeness (QED) is 0.507. The zero-order valence-electron chi connectivity index (χ0n) is 10.1. The fraction of sp³-hybridized carbons (Fsp3) is 0. The molecule has 2 aromatic rings. The van der Waals surface area contributed by atoms with E-state index in [4.69, 9.17) is 0 Å². The van der Waals surface area contributed by atoms with E-state index in [-0.39, 0.29) is 36.5 Å². The molecular formula is C11H8NaO4S-. The SMILES string of the molecule is O=C(OS(=O)[O-])c1cccc2ccccc12.[H-].[Na+]. The zero-order chi connectivity index (χ0) is 11.5. The minimum Gasteiger partial charge on any atom is -1.00 e. The molecule has 0 aromatic heterocycles. The molecule has 0 N–H and O–H groups in total. The normalized spacial score (nSPS) is 11.6. The van der Waals surface area contributed by atoms with Gasteiger partial charge in [-0.05, 0) is 16.8 Å². The molecule has 0 aliphatic carbocycles.